The smallest absolute Gasteiger partial charge is 0.181 e. The fourth-order valence-electron chi connectivity index (χ4n) is 1.47. The normalized spacial score (nSPS) is 11.6. The molecule has 0 amide bonds. The molecule has 1 rings (SSSR count). The maximum atomic E-state index is 8.82. The number of nitrogens with zero attached hydrogens (tertiary/aromatic N) is 2. The second kappa shape index (κ2) is 5.88. The monoisotopic (exact) mass is 212 g/mol. The summed E-state index contributed by atoms with van der Waals surface area (Å²) in [6, 6.07) is 0.452. The van der Waals surface area contributed by atoms with Gasteiger partial charge in [-0.1, -0.05) is 0 Å². The van der Waals surface area contributed by atoms with Crippen molar-refractivity contribution in [3.8, 4) is 0 Å². The van der Waals surface area contributed by atoms with E-state index in [1.54, 1.807) is 0 Å². The molecule has 1 heterocycles. The van der Waals surface area contributed by atoms with E-state index in [1.165, 1.54) is 6.39 Å². The molecule has 4 nitrogen and oxygen atoms in total. The third kappa shape index (κ3) is 3.64. The lowest BCUT2D eigenvalue weighted by Gasteiger charge is -2.25. The van der Waals surface area contributed by atoms with Crippen molar-refractivity contribution in [3.63, 3.8) is 0 Å². The minimum atomic E-state index is 0.237. The molecule has 86 valence electrons. The molecule has 0 aliphatic carbocycles. The van der Waals surface area contributed by atoms with Crippen molar-refractivity contribution in [2.45, 2.75) is 39.8 Å². The molecule has 1 N–H and O–H groups in total. The molecule has 0 aromatic carbocycles. The highest BCUT2D eigenvalue weighted by atomic mass is 16.3. The Bertz CT molecular complexity index is 284. The largest absolute Gasteiger partial charge is 0.448 e. The highest BCUT2D eigenvalue weighted by Crippen LogP contribution is 2.11. The van der Waals surface area contributed by atoms with Crippen molar-refractivity contribution >= 4 is 0 Å². The van der Waals surface area contributed by atoms with Crippen molar-refractivity contribution in [2.24, 2.45) is 0 Å². The van der Waals surface area contributed by atoms with Gasteiger partial charge in [0.05, 0.1) is 5.69 Å². The minimum Gasteiger partial charge on any atom is -0.448 e. The first-order valence-electron chi connectivity index (χ1n) is 5.39. The topological polar surface area (TPSA) is 49.5 Å². The number of hydrogen-bond acceptors (Lipinski definition) is 4. The van der Waals surface area contributed by atoms with Crippen molar-refractivity contribution < 1.29 is 9.52 Å². The molecule has 0 aliphatic heterocycles. The fourth-order valence-corrected chi connectivity index (χ4v) is 1.47. The van der Waals surface area contributed by atoms with Crippen LogP contribution in [0.3, 0.4) is 0 Å². The molecule has 0 saturated carbocycles. The second-order valence-electron chi connectivity index (χ2n) is 4.00. The molecule has 4 heteroatoms. The number of aliphatic hydroxyl groups excluding tert-OH is 1. The van der Waals surface area contributed by atoms with Gasteiger partial charge in [-0.2, -0.15) is 0 Å². The van der Waals surface area contributed by atoms with Crippen LogP contribution in [0.4, 0.5) is 0 Å². The minimum absolute atomic E-state index is 0.237. The second-order valence-corrected chi connectivity index (χ2v) is 4.00. The van der Waals surface area contributed by atoms with Gasteiger partial charge in [-0.3, -0.25) is 4.90 Å². The van der Waals surface area contributed by atoms with Crippen molar-refractivity contribution in [1.82, 2.24) is 9.88 Å². The summed E-state index contributed by atoms with van der Waals surface area (Å²) in [6.45, 7) is 8.13. The zero-order valence-corrected chi connectivity index (χ0v) is 9.73. The number of aliphatic hydroxyl groups is 1. The summed E-state index contributed by atoms with van der Waals surface area (Å²) in [7, 11) is 0. The van der Waals surface area contributed by atoms with E-state index in [9.17, 15) is 0 Å². The van der Waals surface area contributed by atoms with Crippen LogP contribution in [0.2, 0.25) is 0 Å². The van der Waals surface area contributed by atoms with Gasteiger partial charge in [-0.15, -0.1) is 0 Å². The molecular formula is C11H20N2O2. The van der Waals surface area contributed by atoms with Crippen molar-refractivity contribution in [2.75, 3.05) is 13.2 Å². The Kier molecular flexibility index (Phi) is 4.78. The van der Waals surface area contributed by atoms with Gasteiger partial charge in [0.25, 0.3) is 0 Å². The van der Waals surface area contributed by atoms with Crippen LogP contribution in [0.15, 0.2) is 10.8 Å². The molecule has 0 unspecified atom stereocenters. The molecular weight excluding hydrogens is 192 g/mol. The number of hydrogen-bond donors (Lipinski definition) is 1. The molecule has 0 atom stereocenters. The summed E-state index contributed by atoms with van der Waals surface area (Å²) < 4.78 is 5.16. The molecule has 0 radical (unpaired) electrons. The summed E-state index contributed by atoms with van der Waals surface area (Å²) >= 11 is 0. The van der Waals surface area contributed by atoms with Gasteiger partial charge < -0.3 is 9.52 Å². The third-order valence-electron chi connectivity index (χ3n) is 2.53. The molecule has 0 bridgehead atoms. The molecule has 0 spiro atoms. The van der Waals surface area contributed by atoms with Gasteiger partial charge in [0.2, 0.25) is 0 Å². The Morgan fingerprint density at radius 3 is 2.73 bits per heavy atom. The van der Waals surface area contributed by atoms with Gasteiger partial charge in [0.15, 0.2) is 6.39 Å². The van der Waals surface area contributed by atoms with Crippen molar-refractivity contribution in [3.05, 3.63) is 17.8 Å². The third-order valence-corrected chi connectivity index (χ3v) is 2.53. The summed E-state index contributed by atoms with van der Waals surface area (Å²) in [5.41, 5.74) is 0.988. The summed E-state index contributed by atoms with van der Waals surface area (Å²) in [5.74, 6) is 0.879. The molecule has 0 fully saturated rings. The van der Waals surface area contributed by atoms with E-state index in [1.807, 2.05) is 6.92 Å². The van der Waals surface area contributed by atoms with Crippen LogP contribution >= 0.6 is 0 Å². The molecule has 0 aliphatic rings. The number of oxazole rings is 1. The maximum Gasteiger partial charge on any atom is 0.181 e. The van der Waals surface area contributed by atoms with Crippen LogP contribution in [-0.2, 0) is 6.54 Å². The van der Waals surface area contributed by atoms with Crippen LogP contribution in [0.25, 0.3) is 0 Å². The summed E-state index contributed by atoms with van der Waals surface area (Å²) in [6.07, 6.45) is 2.28. The Morgan fingerprint density at radius 1 is 1.53 bits per heavy atom. The Morgan fingerprint density at radius 2 is 2.27 bits per heavy atom. The predicted molar refractivity (Wildman–Crippen MR) is 58.5 cm³/mol. The maximum absolute atomic E-state index is 8.82. The van der Waals surface area contributed by atoms with Crippen molar-refractivity contribution in [1.29, 1.82) is 0 Å². The van der Waals surface area contributed by atoms with E-state index in [4.69, 9.17) is 9.52 Å². The Balaban J connectivity index is 2.54. The molecule has 15 heavy (non-hydrogen) atoms. The average Bonchev–Trinajstić information content (AvgIpc) is 2.58. The Hall–Kier alpha value is -0.870. The highest BCUT2D eigenvalue weighted by Gasteiger charge is 2.13. The van der Waals surface area contributed by atoms with Crippen LogP contribution in [0.5, 0.6) is 0 Å². The van der Waals surface area contributed by atoms with E-state index >= 15 is 0 Å². The van der Waals surface area contributed by atoms with E-state index < -0.39 is 0 Å². The highest BCUT2D eigenvalue weighted by molar-refractivity contribution is 5.04. The molecule has 0 saturated heterocycles. The standard InChI is InChI=1S/C11H20N2O2/c1-9(2)13(5-4-6-14)7-11-10(3)15-8-12-11/h8-9,14H,4-7H2,1-3H3. The first-order valence-corrected chi connectivity index (χ1v) is 5.39. The lowest BCUT2D eigenvalue weighted by molar-refractivity contribution is 0.182. The zero-order chi connectivity index (χ0) is 11.3. The van der Waals surface area contributed by atoms with Crippen LogP contribution in [-0.4, -0.2) is 34.2 Å². The van der Waals surface area contributed by atoms with E-state index in [-0.39, 0.29) is 6.61 Å². The molecule has 1 aromatic rings. The lowest BCUT2D eigenvalue weighted by Crippen LogP contribution is -2.32. The summed E-state index contributed by atoms with van der Waals surface area (Å²) in [4.78, 5) is 6.45. The van der Waals surface area contributed by atoms with Crippen LogP contribution in [0, 0.1) is 6.92 Å². The van der Waals surface area contributed by atoms with Gasteiger partial charge in [-0.25, -0.2) is 4.98 Å². The zero-order valence-electron chi connectivity index (χ0n) is 9.73. The van der Waals surface area contributed by atoms with Crippen LogP contribution in [0.1, 0.15) is 31.7 Å². The lowest BCUT2D eigenvalue weighted by atomic mass is 10.2. The van der Waals surface area contributed by atoms with Gasteiger partial charge in [0.1, 0.15) is 5.76 Å². The van der Waals surface area contributed by atoms with E-state index in [2.05, 4.69) is 23.7 Å². The first-order chi connectivity index (χ1) is 7.15. The van der Waals surface area contributed by atoms with Gasteiger partial charge in [-0.05, 0) is 27.2 Å². The first kappa shape index (κ1) is 12.2. The number of rotatable bonds is 6. The fraction of sp³-hybridized carbons (Fsp3) is 0.727. The Labute approximate surface area is 90.9 Å². The van der Waals surface area contributed by atoms with E-state index in [0.717, 1.165) is 31.0 Å². The SMILES string of the molecule is Cc1ocnc1CN(CCCO)C(C)C. The quantitative estimate of drug-likeness (QED) is 0.777. The predicted octanol–water partition coefficient (Wildman–Crippen LogP) is 1.58. The van der Waals surface area contributed by atoms with Gasteiger partial charge >= 0.3 is 0 Å². The average molecular weight is 212 g/mol. The number of aromatic nitrogens is 1. The van der Waals surface area contributed by atoms with Crippen LogP contribution < -0.4 is 0 Å². The van der Waals surface area contributed by atoms with E-state index in [0.29, 0.717) is 6.04 Å². The summed E-state index contributed by atoms with van der Waals surface area (Å²) in [5, 5.41) is 8.82. The molecule has 1 aromatic heterocycles. The van der Waals surface area contributed by atoms with Gasteiger partial charge in [0, 0.05) is 25.7 Å². The number of aryl methyl sites for hydroxylation is 1.